The van der Waals surface area contributed by atoms with Gasteiger partial charge in [0.1, 0.15) is 0 Å². The predicted octanol–water partition coefficient (Wildman–Crippen LogP) is 2.24. The molecule has 2 rings (SSSR count). The highest BCUT2D eigenvalue weighted by Crippen LogP contribution is 2.32. The minimum absolute atomic E-state index is 0.169. The number of ether oxygens (including phenoxy) is 1. The normalized spacial score (nSPS) is 21.9. The van der Waals surface area contributed by atoms with E-state index in [1.54, 1.807) is 0 Å². The monoisotopic (exact) mass is 249 g/mol. The first-order valence-electron chi connectivity index (χ1n) is 6.29. The molecular weight excluding hydrogens is 226 g/mol. The van der Waals surface area contributed by atoms with Gasteiger partial charge in [0, 0.05) is 18.8 Å². The SMILES string of the molecule is CC1(C)CN(c2ccc(N)c(N)c2)CC(C)(C)O1. The van der Waals surface area contributed by atoms with E-state index >= 15 is 0 Å². The first-order chi connectivity index (χ1) is 8.19. The van der Waals surface area contributed by atoms with Gasteiger partial charge in [-0.2, -0.15) is 0 Å². The minimum atomic E-state index is -0.169. The summed E-state index contributed by atoms with van der Waals surface area (Å²) < 4.78 is 6.07. The number of hydrogen-bond donors (Lipinski definition) is 2. The summed E-state index contributed by atoms with van der Waals surface area (Å²) in [6, 6.07) is 5.82. The van der Waals surface area contributed by atoms with Gasteiger partial charge in [0.2, 0.25) is 0 Å². The first-order valence-corrected chi connectivity index (χ1v) is 6.29. The van der Waals surface area contributed by atoms with Gasteiger partial charge >= 0.3 is 0 Å². The summed E-state index contributed by atoms with van der Waals surface area (Å²) in [6.45, 7) is 10.1. The molecule has 0 aliphatic carbocycles. The van der Waals surface area contributed by atoms with Gasteiger partial charge in [-0.1, -0.05) is 0 Å². The Hall–Kier alpha value is -1.42. The van der Waals surface area contributed by atoms with Crippen LogP contribution in [0.2, 0.25) is 0 Å². The van der Waals surface area contributed by atoms with Crippen LogP contribution in [0.15, 0.2) is 18.2 Å². The highest BCUT2D eigenvalue weighted by atomic mass is 16.5. The van der Waals surface area contributed by atoms with E-state index in [0.717, 1.165) is 18.8 Å². The molecule has 0 unspecified atom stereocenters. The number of nitrogens with two attached hydrogens (primary N) is 2. The molecule has 0 radical (unpaired) electrons. The van der Waals surface area contributed by atoms with E-state index in [9.17, 15) is 0 Å². The van der Waals surface area contributed by atoms with E-state index in [1.807, 2.05) is 18.2 Å². The molecule has 18 heavy (non-hydrogen) atoms. The molecule has 1 aliphatic heterocycles. The lowest BCUT2D eigenvalue weighted by molar-refractivity contribution is -0.133. The van der Waals surface area contributed by atoms with Crippen LogP contribution in [0.25, 0.3) is 0 Å². The molecule has 1 aromatic carbocycles. The number of benzene rings is 1. The van der Waals surface area contributed by atoms with Gasteiger partial charge in [0.05, 0.1) is 22.6 Å². The molecule has 1 fully saturated rings. The zero-order valence-electron chi connectivity index (χ0n) is 11.7. The van der Waals surface area contributed by atoms with Crippen LogP contribution in [0, 0.1) is 0 Å². The number of nitrogens with zero attached hydrogens (tertiary/aromatic N) is 1. The molecule has 0 saturated carbocycles. The fraction of sp³-hybridized carbons (Fsp3) is 0.571. The van der Waals surface area contributed by atoms with Crippen LogP contribution in [0.3, 0.4) is 0 Å². The van der Waals surface area contributed by atoms with Crippen molar-refractivity contribution >= 4 is 17.1 Å². The van der Waals surface area contributed by atoms with Gasteiger partial charge < -0.3 is 21.1 Å². The number of anilines is 3. The molecule has 0 atom stereocenters. The molecule has 1 aliphatic rings. The zero-order valence-corrected chi connectivity index (χ0v) is 11.7. The van der Waals surface area contributed by atoms with Crippen molar-refractivity contribution in [1.82, 2.24) is 0 Å². The van der Waals surface area contributed by atoms with E-state index < -0.39 is 0 Å². The fourth-order valence-corrected chi connectivity index (χ4v) is 2.73. The van der Waals surface area contributed by atoms with E-state index in [2.05, 4.69) is 32.6 Å². The Bertz CT molecular complexity index is 438. The molecule has 0 bridgehead atoms. The third-order valence-corrected chi connectivity index (χ3v) is 3.13. The molecule has 100 valence electrons. The average molecular weight is 249 g/mol. The molecule has 1 aromatic rings. The van der Waals surface area contributed by atoms with Crippen molar-refractivity contribution in [3.05, 3.63) is 18.2 Å². The number of morpholine rings is 1. The van der Waals surface area contributed by atoms with Crippen molar-refractivity contribution in [2.75, 3.05) is 29.5 Å². The van der Waals surface area contributed by atoms with E-state index in [4.69, 9.17) is 16.2 Å². The largest absolute Gasteiger partial charge is 0.397 e. The number of hydrogen-bond acceptors (Lipinski definition) is 4. The molecule has 0 spiro atoms. The molecule has 4 heteroatoms. The molecule has 4 nitrogen and oxygen atoms in total. The Morgan fingerprint density at radius 2 is 1.56 bits per heavy atom. The summed E-state index contributed by atoms with van der Waals surface area (Å²) >= 11 is 0. The van der Waals surface area contributed by atoms with Crippen LogP contribution >= 0.6 is 0 Å². The average Bonchev–Trinajstić information content (AvgIpc) is 2.17. The van der Waals surface area contributed by atoms with Crippen molar-refractivity contribution in [3.8, 4) is 0 Å². The molecule has 0 amide bonds. The smallest absolute Gasteiger partial charge is 0.0808 e. The molecule has 1 saturated heterocycles. The number of nitrogen functional groups attached to an aromatic ring is 2. The quantitative estimate of drug-likeness (QED) is 0.749. The molecule has 0 aromatic heterocycles. The van der Waals surface area contributed by atoms with E-state index in [1.165, 1.54) is 0 Å². The summed E-state index contributed by atoms with van der Waals surface area (Å²) in [6.07, 6.45) is 0. The van der Waals surface area contributed by atoms with Gasteiger partial charge in [-0.25, -0.2) is 0 Å². The maximum Gasteiger partial charge on any atom is 0.0808 e. The molecule has 1 heterocycles. The van der Waals surface area contributed by atoms with Crippen LogP contribution in [0.4, 0.5) is 17.1 Å². The minimum Gasteiger partial charge on any atom is -0.397 e. The van der Waals surface area contributed by atoms with Gasteiger partial charge in [-0.3, -0.25) is 0 Å². The maximum absolute atomic E-state index is 6.07. The standard InChI is InChI=1S/C14H23N3O/c1-13(2)8-17(9-14(3,4)18-13)10-5-6-11(15)12(16)7-10/h5-7H,8-9,15-16H2,1-4H3. The third-order valence-electron chi connectivity index (χ3n) is 3.13. The molecular formula is C14H23N3O. The van der Waals surface area contributed by atoms with Crippen LogP contribution in [-0.2, 0) is 4.74 Å². The summed E-state index contributed by atoms with van der Waals surface area (Å²) in [5.74, 6) is 0. The van der Waals surface area contributed by atoms with Crippen LogP contribution in [0.1, 0.15) is 27.7 Å². The highest BCUT2D eigenvalue weighted by molar-refractivity contribution is 5.70. The van der Waals surface area contributed by atoms with E-state index in [0.29, 0.717) is 11.4 Å². The topological polar surface area (TPSA) is 64.5 Å². The maximum atomic E-state index is 6.07. The van der Waals surface area contributed by atoms with Crippen molar-refractivity contribution in [2.45, 2.75) is 38.9 Å². The Balaban J connectivity index is 2.29. The second-order valence-corrected chi connectivity index (χ2v) is 6.29. The second kappa shape index (κ2) is 4.05. The van der Waals surface area contributed by atoms with Crippen molar-refractivity contribution in [1.29, 1.82) is 0 Å². The Labute approximate surface area is 109 Å². The van der Waals surface area contributed by atoms with E-state index in [-0.39, 0.29) is 11.2 Å². The summed E-state index contributed by atoms with van der Waals surface area (Å²) in [7, 11) is 0. The fourth-order valence-electron chi connectivity index (χ4n) is 2.73. The van der Waals surface area contributed by atoms with Crippen molar-refractivity contribution < 1.29 is 4.74 Å². The lowest BCUT2D eigenvalue weighted by Gasteiger charge is -2.48. The summed E-state index contributed by atoms with van der Waals surface area (Å²) in [5, 5.41) is 0. The highest BCUT2D eigenvalue weighted by Gasteiger charge is 2.38. The lowest BCUT2D eigenvalue weighted by atomic mass is 9.98. The molecule has 4 N–H and O–H groups in total. The summed E-state index contributed by atoms with van der Waals surface area (Å²) in [4.78, 5) is 2.30. The van der Waals surface area contributed by atoms with Gasteiger partial charge in [-0.05, 0) is 45.9 Å². The van der Waals surface area contributed by atoms with Crippen molar-refractivity contribution in [3.63, 3.8) is 0 Å². The van der Waals surface area contributed by atoms with Crippen LogP contribution in [0.5, 0.6) is 0 Å². The third kappa shape index (κ3) is 2.70. The Kier molecular flexibility index (Phi) is 2.93. The summed E-state index contributed by atoms with van der Waals surface area (Å²) in [5.41, 5.74) is 13.7. The number of rotatable bonds is 1. The zero-order chi connectivity index (χ0) is 13.6. The first kappa shape index (κ1) is 13.0. The Morgan fingerprint density at radius 3 is 2.06 bits per heavy atom. The van der Waals surface area contributed by atoms with Gasteiger partial charge in [0.25, 0.3) is 0 Å². The van der Waals surface area contributed by atoms with Crippen LogP contribution in [-0.4, -0.2) is 24.3 Å². The van der Waals surface area contributed by atoms with Crippen molar-refractivity contribution in [2.24, 2.45) is 0 Å². The van der Waals surface area contributed by atoms with Gasteiger partial charge in [0.15, 0.2) is 0 Å². The Morgan fingerprint density at radius 1 is 1.00 bits per heavy atom. The van der Waals surface area contributed by atoms with Crippen LogP contribution < -0.4 is 16.4 Å². The van der Waals surface area contributed by atoms with Gasteiger partial charge in [-0.15, -0.1) is 0 Å². The lowest BCUT2D eigenvalue weighted by Crippen LogP contribution is -2.57. The predicted molar refractivity (Wildman–Crippen MR) is 76.7 cm³/mol. The second-order valence-electron chi connectivity index (χ2n) is 6.29.